The third kappa shape index (κ3) is 3.74. The lowest BCUT2D eigenvalue weighted by Crippen LogP contribution is -2.40. The van der Waals surface area contributed by atoms with E-state index in [1.54, 1.807) is 0 Å². The molecule has 0 fully saturated rings. The van der Waals surface area contributed by atoms with Crippen molar-refractivity contribution in [1.29, 1.82) is 0 Å². The summed E-state index contributed by atoms with van der Waals surface area (Å²) in [5.74, 6) is -4.72. The van der Waals surface area contributed by atoms with Crippen LogP contribution in [0.2, 0.25) is 0 Å². The molecule has 0 unspecified atom stereocenters. The average molecular weight is 331 g/mol. The predicted octanol–water partition coefficient (Wildman–Crippen LogP) is 2.72. The van der Waals surface area contributed by atoms with E-state index >= 15 is 0 Å². The zero-order valence-electron chi connectivity index (χ0n) is 12.0. The molecule has 2 rings (SSSR count). The molecule has 1 heterocycles. The predicted molar refractivity (Wildman–Crippen MR) is 71.0 cm³/mol. The van der Waals surface area contributed by atoms with Gasteiger partial charge in [-0.3, -0.25) is 4.79 Å². The van der Waals surface area contributed by atoms with E-state index in [4.69, 9.17) is 9.47 Å². The Morgan fingerprint density at radius 1 is 1.26 bits per heavy atom. The maximum atomic E-state index is 12.6. The summed E-state index contributed by atoms with van der Waals surface area (Å²) in [5.41, 5.74) is -2.01. The second-order valence-electron chi connectivity index (χ2n) is 5.10. The molecule has 1 aliphatic rings. The lowest BCUT2D eigenvalue weighted by atomic mass is 10.1. The zero-order chi connectivity index (χ0) is 17.4. The number of hydrogen-bond donors (Lipinski definition) is 2. The highest BCUT2D eigenvalue weighted by Crippen LogP contribution is 2.31. The average Bonchev–Trinajstić information content (AvgIpc) is 2.35. The van der Waals surface area contributed by atoms with E-state index in [1.807, 2.05) is 0 Å². The Morgan fingerprint density at radius 2 is 1.91 bits per heavy atom. The van der Waals surface area contributed by atoms with Gasteiger partial charge in [0.1, 0.15) is 0 Å². The molecule has 0 atom stereocenters. The number of carbonyl (C=O) groups excluding carboxylic acids is 2. The van der Waals surface area contributed by atoms with E-state index in [-0.39, 0.29) is 5.69 Å². The summed E-state index contributed by atoms with van der Waals surface area (Å²) in [6, 6.07) is 3.80. The Labute approximate surface area is 128 Å². The van der Waals surface area contributed by atoms with E-state index in [0.29, 0.717) is 6.07 Å². The highest BCUT2D eigenvalue weighted by molar-refractivity contribution is 6.21. The Hall–Kier alpha value is -2.71. The molecule has 1 amide bonds. The van der Waals surface area contributed by atoms with Gasteiger partial charge in [-0.2, -0.15) is 13.2 Å². The number of aliphatic hydroxyl groups is 1. The van der Waals surface area contributed by atoms with E-state index in [2.05, 4.69) is 5.32 Å². The molecule has 0 bridgehead atoms. The van der Waals surface area contributed by atoms with Crippen LogP contribution in [0.5, 0.6) is 0 Å². The number of cyclic esters (lactones) is 1. The fourth-order valence-electron chi connectivity index (χ4n) is 1.82. The second-order valence-corrected chi connectivity index (χ2v) is 5.10. The van der Waals surface area contributed by atoms with Crippen LogP contribution in [-0.2, 0) is 25.2 Å². The van der Waals surface area contributed by atoms with Crippen LogP contribution in [0.1, 0.15) is 19.4 Å². The Balaban J connectivity index is 2.25. The summed E-state index contributed by atoms with van der Waals surface area (Å²) in [7, 11) is 0. The summed E-state index contributed by atoms with van der Waals surface area (Å²) < 4.78 is 47.5. The van der Waals surface area contributed by atoms with E-state index in [9.17, 15) is 27.9 Å². The molecule has 9 heteroatoms. The number of amides is 1. The molecule has 124 valence electrons. The number of halogens is 3. The van der Waals surface area contributed by atoms with Crippen LogP contribution in [0.4, 0.5) is 18.9 Å². The molecule has 23 heavy (non-hydrogen) atoms. The number of nitrogens with one attached hydrogen (secondary N) is 1. The van der Waals surface area contributed by atoms with Gasteiger partial charge in [-0.05, 0) is 18.2 Å². The Morgan fingerprint density at radius 3 is 2.48 bits per heavy atom. The lowest BCUT2D eigenvalue weighted by molar-refractivity contribution is -0.221. The smallest absolute Gasteiger partial charge is 0.416 e. The van der Waals surface area contributed by atoms with Crippen molar-refractivity contribution in [2.45, 2.75) is 25.8 Å². The second kappa shape index (κ2) is 5.49. The molecule has 0 aliphatic carbocycles. The van der Waals surface area contributed by atoms with Crippen LogP contribution in [-0.4, -0.2) is 22.8 Å². The lowest BCUT2D eigenvalue weighted by Gasteiger charge is -2.30. The number of esters is 1. The van der Waals surface area contributed by atoms with Gasteiger partial charge in [0.2, 0.25) is 5.57 Å². The molecule has 1 aliphatic heterocycles. The first kappa shape index (κ1) is 16.7. The summed E-state index contributed by atoms with van der Waals surface area (Å²) in [5, 5.41) is 11.7. The number of ether oxygens (including phenoxy) is 2. The largest absolute Gasteiger partial charge is 0.480 e. The van der Waals surface area contributed by atoms with Crippen LogP contribution < -0.4 is 5.32 Å². The minimum atomic E-state index is -4.58. The third-order valence-corrected chi connectivity index (χ3v) is 2.77. The normalized spacial score (nSPS) is 17.3. The maximum absolute atomic E-state index is 12.6. The molecule has 0 saturated carbocycles. The highest BCUT2D eigenvalue weighted by atomic mass is 19.4. The van der Waals surface area contributed by atoms with Crippen LogP contribution in [0.25, 0.3) is 0 Å². The summed E-state index contributed by atoms with van der Waals surface area (Å²) in [6.07, 6.45) is -4.58. The maximum Gasteiger partial charge on any atom is 0.416 e. The van der Waals surface area contributed by atoms with Crippen molar-refractivity contribution >= 4 is 17.6 Å². The molecule has 0 saturated heterocycles. The molecular weight excluding hydrogens is 319 g/mol. The van der Waals surface area contributed by atoms with E-state index < -0.39 is 40.9 Å². The quantitative estimate of drug-likeness (QED) is 0.643. The SMILES string of the molecule is CC1(C)OC(=O)C(C(=O)Nc2cccc(C(F)(F)F)c2)=C(O)O1. The standard InChI is InChI=1S/C14H12F3NO5/c1-13(2)22-11(20)9(12(21)23-13)10(19)18-8-5-3-4-7(6-8)14(15,16)17/h3-6,20H,1-2H3,(H,18,19). The molecular formula is C14H12F3NO5. The summed E-state index contributed by atoms with van der Waals surface area (Å²) in [6.45, 7) is 2.67. The van der Waals surface area contributed by atoms with E-state index in [1.165, 1.54) is 19.9 Å². The number of hydrogen-bond acceptors (Lipinski definition) is 5. The van der Waals surface area contributed by atoms with Gasteiger partial charge in [-0.25, -0.2) is 4.79 Å². The van der Waals surface area contributed by atoms with Crippen molar-refractivity contribution in [3.8, 4) is 0 Å². The van der Waals surface area contributed by atoms with Crippen LogP contribution in [0.3, 0.4) is 0 Å². The van der Waals surface area contributed by atoms with Crippen molar-refractivity contribution in [1.82, 2.24) is 0 Å². The molecule has 0 spiro atoms. The van der Waals surface area contributed by atoms with Gasteiger partial charge in [-0.1, -0.05) is 6.07 Å². The fourth-order valence-corrected chi connectivity index (χ4v) is 1.82. The number of benzene rings is 1. The molecule has 1 aromatic carbocycles. The van der Waals surface area contributed by atoms with Crippen LogP contribution in [0.15, 0.2) is 35.8 Å². The van der Waals surface area contributed by atoms with Gasteiger partial charge in [0.15, 0.2) is 0 Å². The van der Waals surface area contributed by atoms with Gasteiger partial charge in [0.25, 0.3) is 11.7 Å². The third-order valence-electron chi connectivity index (χ3n) is 2.77. The first-order chi connectivity index (χ1) is 10.5. The Bertz CT molecular complexity index is 694. The number of anilines is 1. The molecule has 0 aromatic heterocycles. The van der Waals surface area contributed by atoms with Crippen molar-refractivity contribution in [2.24, 2.45) is 0 Å². The van der Waals surface area contributed by atoms with Gasteiger partial charge in [-0.15, -0.1) is 0 Å². The number of aliphatic hydroxyl groups excluding tert-OH is 1. The van der Waals surface area contributed by atoms with Crippen LogP contribution in [0, 0.1) is 0 Å². The van der Waals surface area contributed by atoms with E-state index in [0.717, 1.165) is 12.1 Å². The monoisotopic (exact) mass is 331 g/mol. The number of carbonyl (C=O) groups is 2. The first-order valence-corrected chi connectivity index (χ1v) is 6.34. The summed E-state index contributed by atoms with van der Waals surface area (Å²) >= 11 is 0. The molecule has 6 nitrogen and oxygen atoms in total. The van der Waals surface area contributed by atoms with Gasteiger partial charge >= 0.3 is 18.1 Å². The van der Waals surface area contributed by atoms with Gasteiger partial charge in [0, 0.05) is 19.5 Å². The summed E-state index contributed by atoms with van der Waals surface area (Å²) in [4.78, 5) is 23.7. The molecule has 1 aromatic rings. The fraction of sp³-hybridized carbons (Fsp3) is 0.286. The molecule has 2 N–H and O–H groups in total. The van der Waals surface area contributed by atoms with Gasteiger partial charge < -0.3 is 19.9 Å². The van der Waals surface area contributed by atoms with Crippen molar-refractivity contribution < 1.29 is 37.3 Å². The minimum Gasteiger partial charge on any atom is -0.480 e. The van der Waals surface area contributed by atoms with Crippen molar-refractivity contribution in [2.75, 3.05) is 5.32 Å². The zero-order valence-corrected chi connectivity index (χ0v) is 12.0. The van der Waals surface area contributed by atoms with Gasteiger partial charge in [0.05, 0.1) is 5.56 Å². The first-order valence-electron chi connectivity index (χ1n) is 6.34. The molecule has 0 radical (unpaired) electrons. The number of alkyl halides is 3. The Kier molecular flexibility index (Phi) is 3.97. The highest BCUT2D eigenvalue weighted by Gasteiger charge is 2.40. The van der Waals surface area contributed by atoms with Crippen LogP contribution >= 0.6 is 0 Å². The topological polar surface area (TPSA) is 84.9 Å². The number of rotatable bonds is 2. The minimum absolute atomic E-state index is 0.206. The van der Waals surface area contributed by atoms with Crippen molar-refractivity contribution in [3.05, 3.63) is 41.3 Å². The van der Waals surface area contributed by atoms with Crippen molar-refractivity contribution in [3.63, 3.8) is 0 Å².